The molecule has 1 unspecified atom stereocenters. The summed E-state index contributed by atoms with van der Waals surface area (Å²) in [7, 11) is 1.86. The molecule has 2 aromatic rings. The number of hydrogen-bond acceptors (Lipinski definition) is 4. The van der Waals surface area contributed by atoms with Crippen molar-refractivity contribution in [3.8, 4) is 0 Å². The molecular formula is C13H16N4O. The number of amides is 1. The van der Waals surface area contributed by atoms with Crippen molar-refractivity contribution < 1.29 is 4.79 Å². The number of para-hydroxylation sites is 1. The summed E-state index contributed by atoms with van der Waals surface area (Å²) in [6.07, 6.45) is 3.21. The van der Waals surface area contributed by atoms with Crippen molar-refractivity contribution in [2.24, 2.45) is 0 Å². The van der Waals surface area contributed by atoms with E-state index in [1.54, 1.807) is 18.5 Å². The fraction of sp³-hybridized carbons (Fsp3) is 0.308. The quantitative estimate of drug-likeness (QED) is 0.841. The first kappa shape index (κ1) is 12.4. The molecule has 0 radical (unpaired) electrons. The molecule has 0 saturated heterocycles. The second-order valence-electron chi connectivity index (χ2n) is 4.13. The second kappa shape index (κ2) is 5.55. The summed E-state index contributed by atoms with van der Waals surface area (Å²) >= 11 is 0. The van der Waals surface area contributed by atoms with Crippen LogP contribution in [0.2, 0.25) is 0 Å². The molecule has 2 N–H and O–H groups in total. The minimum Gasteiger partial charge on any atom is -0.350 e. The van der Waals surface area contributed by atoms with Gasteiger partial charge in [-0.2, -0.15) is 0 Å². The number of fused-ring (bicyclic) bond motifs is 1. The molecule has 1 atom stereocenters. The van der Waals surface area contributed by atoms with Crippen LogP contribution >= 0.6 is 0 Å². The minimum absolute atomic E-state index is 0.122. The highest BCUT2D eigenvalue weighted by molar-refractivity contribution is 6.04. The molecule has 5 heteroatoms. The lowest BCUT2D eigenvalue weighted by atomic mass is 10.1. The molecular weight excluding hydrogens is 228 g/mol. The molecule has 1 aromatic heterocycles. The highest BCUT2D eigenvalue weighted by atomic mass is 16.1. The number of rotatable bonds is 4. The SMILES string of the molecule is CNC(C)CNC(=O)c1cccc2nccnc12. The van der Waals surface area contributed by atoms with E-state index in [4.69, 9.17) is 0 Å². The van der Waals surface area contributed by atoms with Gasteiger partial charge in [0.05, 0.1) is 11.1 Å². The Kier molecular flexibility index (Phi) is 3.84. The number of nitrogens with zero attached hydrogens (tertiary/aromatic N) is 2. The van der Waals surface area contributed by atoms with E-state index >= 15 is 0 Å². The summed E-state index contributed by atoms with van der Waals surface area (Å²) in [6.45, 7) is 2.58. The highest BCUT2D eigenvalue weighted by Gasteiger charge is 2.11. The Morgan fingerprint density at radius 2 is 2.11 bits per heavy atom. The lowest BCUT2D eigenvalue weighted by Gasteiger charge is -2.11. The first-order valence-electron chi connectivity index (χ1n) is 5.87. The third-order valence-corrected chi connectivity index (χ3v) is 2.80. The molecule has 0 aliphatic heterocycles. The zero-order chi connectivity index (χ0) is 13.0. The Balaban J connectivity index is 2.22. The van der Waals surface area contributed by atoms with Gasteiger partial charge in [0.25, 0.3) is 5.91 Å². The number of benzene rings is 1. The van der Waals surface area contributed by atoms with E-state index < -0.39 is 0 Å². The molecule has 5 nitrogen and oxygen atoms in total. The van der Waals surface area contributed by atoms with Gasteiger partial charge in [-0.05, 0) is 26.1 Å². The van der Waals surface area contributed by atoms with Crippen LogP contribution in [0.3, 0.4) is 0 Å². The molecule has 0 saturated carbocycles. The predicted octanol–water partition coefficient (Wildman–Crippen LogP) is 0.967. The van der Waals surface area contributed by atoms with Gasteiger partial charge in [0, 0.05) is 25.0 Å². The van der Waals surface area contributed by atoms with Crippen molar-refractivity contribution in [1.29, 1.82) is 0 Å². The van der Waals surface area contributed by atoms with Gasteiger partial charge in [0.2, 0.25) is 0 Å². The van der Waals surface area contributed by atoms with Crippen LogP contribution in [0.15, 0.2) is 30.6 Å². The predicted molar refractivity (Wildman–Crippen MR) is 70.4 cm³/mol. The van der Waals surface area contributed by atoms with Gasteiger partial charge in [-0.1, -0.05) is 6.07 Å². The van der Waals surface area contributed by atoms with Crippen LogP contribution in [0, 0.1) is 0 Å². The molecule has 1 aromatic carbocycles. The van der Waals surface area contributed by atoms with Crippen molar-refractivity contribution >= 4 is 16.9 Å². The van der Waals surface area contributed by atoms with E-state index in [1.807, 2.05) is 26.1 Å². The Morgan fingerprint density at radius 3 is 2.89 bits per heavy atom. The number of aromatic nitrogens is 2. The van der Waals surface area contributed by atoms with Crippen LogP contribution in [0.1, 0.15) is 17.3 Å². The zero-order valence-electron chi connectivity index (χ0n) is 10.5. The van der Waals surface area contributed by atoms with Gasteiger partial charge in [-0.3, -0.25) is 14.8 Å². The lowest BCUT2D eigenvalue weighted by Crippen LogP contribution is -2.37. The number of nitrogens with one attached hydrogen (secondary N) is 2. The van der Waals surface area contributed by atoms with E-state index in [1.165, 1.54) is 0 Å². The summed E-state index contributed by atoms with van der Waals surface area (Å²) in [6, 6.07) is 5.65. The average Bonchev–Trinajstić information content (AvgIpc) is 2.43. The normalized spacial score (nSPS) is 12.3. The van der Waals surface area contributed by atoms with Crippen LogP contribution in [0.25, 0.3) is 11.0 Å². The summed E-state index contributed by atoms with van der Waals surface area (Å²) in [5.41, 5.74) is 1.92. The smallest absolute Gasteiger partial charge is 0.253 e. The number of hydrogen-bond donors (Lipinski definition) is 2. The van der Waals surface area contributed by atoms with Gasteiger partial charge in [-0.25, -0.2) is 0 Å². The first-order valence-corrected chi connectivity index (χ1v) is 5.87. The topological polar surface area (TPSA) is 66.9 Å². The summed E-state index contributed by atoms with van der Waals surface area (Å²) in [5.74, 6) is -0.122. The van der Waals surface area contributed by atoms with E-state index in [2.05, 4.69) is 20.6 Å². The Morgan fingerprint density at radius 1 is 1.33 bits per heavy atom. The Bertz CT molecular complexity index is 550. The van der Waals surface area contributed by atoms with Crippen LogP contribution in [-0.4, -0.2) is 35.5 Å². The molecule has 18 heavy (non-hydrogen) atoms. The molecule has 0 fully saturated rings. The van der Waals surface area contributed by atoms with Gasteiger partial charge < -0.3 is 10.6 Å². The van der Waals surface area contributed by atoms with Crippen molar-refractivity contribution in [2.45, 2.75) is 13.0 Å². The third-order valence-electron chi connectivity index (χ3n) is 2.80. The maximum absolute atomic E-state index is 12.1. The standard InChI is InChI=1S/C13H16N4O/c1-9(14-2)8-17-13(18)10-4-3-5-11-12(10)16-7-6-15-11/h3-7,9,14H,8H2,1-2H3,(H,17,18). The van der Waals surface area contributed by atoms with Crippen LogP contribution in [0.5, 0.6) is 0 Å². The van der Waals surface area contributed by atoms with E-state index in [0.29, 0.717) is 17.6 Å². The molecule has 0 spiro atoms. The molecule has 0 aliphatic carbocycles. The number of likely N-dealkylation sites (N-methyl/N-ethyl adjacent to an activating group) is 1. The maximum atomic E-state index is 12.1. The third kappa shape index (κ3) is 2.62. The lowest BCUT2D eigenvalue weighted by molar-refractivity contribution is 0.0952. The Hall–Kier alpha value is -2.01. The van der Waals surface area contributed by atoms with Crippen LogP contribution < -0.4 is 10.6 Å². The Labute approximate surface area is 106 Å². The second-order valence-corrected chi connectivity index (χ2v) is 4.13. The molecule has 2 rings (SSSR count). The molecule has 1 heterocycles. The van der Waals surface area contributed by atoms with E-state index in [9.17, 15) is 4.79 Å². The summed E-state index contributed by atoms with van der Waals surface area (Å²) < 4.78 is 0. The summed E-state index contributed by atoms with van der Waals surface area (Å²) in [4.78, 5) is 20.5. The molecule has 0 bridgehead atoms. The zero-order valence-corrected chi connectivity index (χ0v) is 10.5. The van der Waals surface area contributed by atoms with Crippen molar-refractivity contribution in [3.05, 3.63) is 36.2 Å². The van der Waals surface area contributed by atoms with E-state index in [0.717, 1.165) is 5.52 Å². The van der Waals surface area contributed by atoms with Gasteiger partial charge in [-0.15, -0.1) is 0 Å². The fourth-order valence-corrected chi connectivity index (χ4v) is 1.62. The average molecular weight is 244 g/mol. The molecule has 1 amide bonds. The molecule has 0 aliphatic rings. The monoisotopic (exact) mass is 244 g/mol. The number of carbonyl (C=O) groups is 1. The minimum atomic E-state index is -0.122. The van der Waals surface area contributed by atoms with Crippen LogP contribution in [-0.2, 0) is 0 Å². The molecule has 94 valence electrons. The van der Waals surface area contributed by atoms with Crippen molar-refractivity contribution in [3.63, 3.8) is 0 Å². The van der Waals surface area contributed by atoms with E-state index in [-0.39, 0.29) is 11.9 Å². The van der Waals surface area contributed by atoms with Crippen LogP contribution in [0.4, 0.5) is 0 Å². The van der Waals surface area contributed by atoms with Gasteiger partial charge in [0.1, 0.15) is 5.52 Å². The van der Waals surface area contributed by atoms with Gasteiger partial charge >= 0.3 is 0 Å². The maximum Gasteiger partial charge on any atom is 0.253 e. The number of carbonyl (C=O) groups excluding carboxylic acids is 1. The van der Waals surface area contributed by atoms with Crippen molar-refractivity contribution in [1.82, 2.24) is 20.6 Å². The fourth-order valence-electron chi connectivity index (χ4n) is 1.62. The summed E-state index contributed by atoms with van der Waals surface area (Å²) in [5, 5.41) is 5.94. The largest absolute Gasteiger partial charge is 0.350 e. The van der Waals surface area contributed by atoms with Crippen molar-refractivity contribution in [2.75, 3.05) is 13.6 Å². The van der Waals surface area contributed by atoms with Gasteiger partial charge in [0.15, 0.2) is 0 Å². The highest BCUT2D eigenvalue weighted by Crippen LogP contribution is 2.13. The first-order chi connectivity index (χ1) is 8.72.